The molecule has 5 nitrogen and oxygen atoms in total. The van der Waals surface area contributed by atoms with Gasteiger partial charge in [0, 0.05) is 13.2 Å². The minimum absolute atomic E-state index is 0.00852. The van der Waals surface area contributed by atoms with Crippen molar-refractivity contribution in [2.24, 2.45) is 0 Å². The Morgan fingerprint density at radius 2 is 1.54 bits per heavy atom. The van der Waals surface area contributed by atoms with Crippen LogP contribution in [-0.2, 0) is 14.3 Å². The second kappa shape index (κ2) is 8.84. The first-order valence-electron chi connectivity index (χ1n) is 7.85. The van der Waals surface area contributed by atoms with Gasteiger partial charge in [-0.25, -0.2) is 0 Å². The summed E-state index contributed by atoms with van der Waals surface area (Å²) in [7, 11) is 0. The fraction of sp³-hybridized carbons (Fsp3) is 0.263. The largest absolute Gasteiger partial charge is 0.481 e. The summed E-state index contributed by atoms with van der Waals surface area (Å²) in [5.74, 6) is -2.12. The Balaban J connectivity index is 2.07. The molecule has 1 amide bonds. The number of carbonyl (C=O) groups is 2. The number of nitrogens with one attached hydrogen (secondary N) is 1. The van der Waals surface area contributed by atoms with Crippen LogP contribution < -0.4 is 5.32 Å². The summed E-state index contributed by atoms with van der Waals surface area (Å²) >= 11 is 0. The fourth-order valence-corrected chi connectivity index (χ4v) is 2.45. The number of rotatable bonds is 8. The summed E-state index contributed by atoms with van der Waals surface area (Å²) in [5.41, 5.74) is 1.39. The third kappa shape index (κ3) is 4.67. The molecule has 0 aliphatic carbocycles. The number of hydrogen-bond donors (Lipinski definition) is 2. The zero-order chi connectivity index (χ0) is 17.4. The highest BCUT2D eigenvalue weighted by Gasteiger charge is 2.24. The Morgan fingerprint density at radius 3 is 2.04 bits per heavy atom. The number of carboxylic acids is 1. The van der Waals surface area contributed by atoms with Crippen molar-refractivity contribution in [2.45, 2.75) is 18.9 Å². The topological polar surface area (TPSA) is 75.6 Å². The lowest BCUT2D eigenvalue weighted by molar-refractivity contribution is -0.139. The highest BCUT2D eigenvalue weighted by molar-refractivity contribution is 5.83. The van der Waals surface area contributed by atoms with Crippen molar-refractivity contribution in [1.82, 2.24) is 5.32 Å². The van der Waals surface area contributed by atoms with E-state index in [1.54, 1.807) is 24.3 Å². The lowest BCUT2D eigenvalue weighted by Crippen LogP contribution is -2.36. The molecule has 0 fully saturated rings. The SMILES string of the molecule is CCOC(C(=O)NCC(C(=O)O)c1ccccc1)c1ccccc1. The van der Waals surface area contributed by atoms with E-state index in [0.717, 1.165) is 5.56 Å². The molecule has 0 aliphatic heterocycles. The normalized spacial score (nSPS) is 13.0. The smallest absolute Gasteiger partial charge is 0.312 e. The van der Waals surface area contributed by atoms with Gasteiger partial charge in [-0.1, -0.05) is 60.7 Å². The van der Waals surface area contributed by atoms with Gasteiger partial charge in [0.25, 0.3) is 5.91 Å². The summed E-state index contributed by atoms with van der Waals surface area (Å²) in [6, 6.07) is 18.0. The molecule has 0 saturated carbocycles. The molecule has 0 aliphatic rings. The molecule has 2 rings (SSSR count). The average molecular weight is 327 g/mol. The number of ether oxygens (including phenoxy) is 1. The summed E-state index contributed by atoms with van der Waals surface area (Å²) in [6.07, 6.45) is -0.749. The molecule has 2 aromatic rings. The quantitative estimate of drug-likeness (QED) is 0.782. The van der Waals surface area contributed by atoms with E-state index in [1.807, 2.05) is 43.3 Å². The van der Waals surface area contributed by atoms with Gasteiger partial charge in [-0.3, -0.25) is 9.59 Å². The van der Waals surface area contributed by atoms with Gasteiger partial charge in [-0.2, -0.15) is 0 Å². The number of aliphatic carboxylic acids is 1. The first kappa shape index (κ1) is 17.7. The Morgan fingerprint density at radius 1 is 1.00 bits per heavy atom. The van der Waals surface area contributed by atoms with Crippen LogP contribution in [0.2, 0.25) is 0 Å². The van der Waals surface area contributed by atoms with Crippen molar-refractivity contribution in [3.8, 4) is 0 Å². The molecule has 2 aromatic carbocycles. The molecular weight excluding hydrogens is 306 g/mol. The Labute approximate surface area is 141 Å². The molecular formula is C19H21NO4. The van der Waals surface area contributed by atoms with Crippen molar-refractivity contribution in [3.63, 3.8) is 0 Å². The monoisotopic (exact) mass is 327 g/mol. The zero-order valence-corrected chi connectivity index (χ0v) is 13.5. The van der Waals surface area contributed by atoms with Crippen LogP contribution in [0.15, 0.2) is 60.7 Å². The number of hydrogen-bond acceptors (Lipinski definition) is 3. The second-order valence-electron chi connectivity index (χ2n) is 5.29. The number of benzene rings is 2. The summed E-state index contributed by atoms with van der Waals surface area (Å²) in [6.45, 7) is 2.20. The van der Waals surface area contributed by atoms with E-state index in [4.69, 9.17) is 4.74 Å². The molecule has 0 radical (unpaired) electrons. The van der Waals surface area contributed by atoms with Gasteiger partial charge in [0.05, 0.1) is 5.92 Å². The molecule has 0 spiro atoms. The molecule has 2 unspecified atom stereocenters. The maximum Gasteiger partial charge on any atom is 0.312 e. The molecule has 0 bridgehead atoms. The van der Waals surface area contributed by atoms with Gasteiger partial charge >= 0.3 is 5.97 Å². The molecule has 0 aromatic heterocycles. The third-order valence-corrected chi connectivity index (χ3v) is 3.65. The molecule has 5 heteroatoms. The summed E-state index contributed by atoms with van der Waals surface area (Å²) in [4.78, 5) is 24.0. The van der Waals surface area contributed by atoms with Crippen LogP contribution in [0.1, 0.15) is 30.1 Å². The average Bonchev–Trinajstić information content (AvgIpc) is 2.61. The van der Waals surface area contributed by atoms with E-state index in [0.29, 0.717) is 12.2 Å². The van der Waals surface area contributed by atoms with Gasteiger partial charge in [0.1, 0.15) is 0 Å². The number of carbonyl (C=O) groups excluding carboxylic acids is 1. The van der Waals surface area contributed by atoms with Crippen molar-refractivity contribution in [2.75, 3.05) is 13.2 Å². The van der Waals surface area contributed by atoms with Crippen LogP contribution in [-0.4, -0.2) is 30.1 Å². The third-order valence-electron chi connectivity index (χ3n) is 3.65. The number of amides is 1. The van der Waals surface area contributed by atoms with Crippen molar-refractivity contribution < 1.29 is 19.4 Å². The summed E-state index contributed by atoms with van der Waals surface area (Å²) in [5, 5.41) is 12.1. The molecule has 126 valence electrons. The van der Waals surface area contributed by atoms with Gasteiger partial charge in [0.15, 0.2) is 6.10 Å². The fourth-order valence-electron chi connectivity index (χ4n) is 2.45. The highest BCUT2D eigenvalue weighted by atomic mass is 16.5. The molecule has 2 atom stereocenters. The maximum absolute atomic E-state index is 12.5. The van der Waals surface area contributed by atoms with Crippen LogP contribution in [0, 0.1) is 0 Å². The standard InChI is InChI=1S/C19H21NO4/c1-2-24-17(15-11-7-4-8-12-15)18(21)20-13-16(19(22)23)14-9-5-3-6-10-14/h3-12,16-17H,2,13H2,1H3,(H,20,21)(H,22,23). The minimum atomic E-state index is -0.978. The minimum Gasteiger partial charge on any atom is -0.481 e. The van der Waals surface area contributed by atoms with E-state index in [-0.39, 0.29) is 12.5 Å². The Bertz CT molecular complexity index is 658. The Hall–Kier alpha value is -2.66. The van der Waals surface area contributed by atoms with Crippen LogP contribution >= 0.6 is 0 Å². The van der Waals surface area contributed by atoms with E-state index >= 15 is 0 Å². The van der Waals surface area contributed by atoms with E-state index in [9.17, 15) is 14.7 Å². The van der Waals surface area contributed by atoms with Crippen LogP contribution in [0.3, 0.4) is 0 Å². The first-order valence-corrected chi connectivity index (χ1v) is 7.85. The second-order valence-corrected chi connectivity index (χ2v) is 5.29. The van der Waals surface area contributed by atoms with E-state index in [1.165, 1.54) is 0 Å². The van der Waals surface area contributed by atoms with Gasteiger partial charge < -0.3 is 15.2 Å². The Kier molecular flexibility index (Phi) is 6.51. The maximum atomic E-state index is 12.5. The highest BCUT2D eigenvalue weighted by Crippen LogP contribution is 2.19. The van der Waals surface area contributed by atoms with Crippen LogP contribution in [0.5, 0.6) is 0 Å². The molecule has 0 saturated heterocycles. The van der Waals surface area contributed by atoms with E-state index in [2.05, 4.69) is 5.32 Å². The lowest BCUT2D eigenvalue weighted by atomic mass is 9.99. The first-order chi connectivity index (χ1) is 11.6. The zero-order valence-electron chi connectivity index (χ0n) is 13.5. The lowest BCUT2D eigenvalue weighted by Gasteiger charge is -2.19. The number of carboxylic acid groups (broad SMARTS) is 1. The predicted octanol–water partition coefficient (Wildman–Crippen LogP) is 2.75. The summed E-state index contributed by atoms with van der Waals surface area (Å²) < 4.78 is 5.53. The molecule has 0 heterocycles. The van der Waals surface area contributed by atoms with Crippen molar-refractivity contribution in [3.05, 3.63) is 71.8 Å². The van der Waals surface area contributed by atoms with Crippen molar-refractivity contribution >= 4 is 11.9 Å². The van der Waals surface area contributed by atoms with E-state index < -0.39 is 18.0 Å². The van der Waals surface area contributed by atoms with Gasteiger partial charge in [-0.15, -0.1) is 0 Å². The van der Waals surface area contributed by atoms with Gasteiger partial charge in [0.2, 0.25) is 0 Å². The van der Waals surface area contributed by atoms with Crippen molar-refractivity contribution in [1.29, 1.82) is 0 Å². The van der Waals surface area contributed by atoms with Gasteiger partial charge in [-0.05, 0) is 18.1 Å². The predicted molar refractivity (Wildman–Crippen MR) is 90.6 cm³/mol. The molecule has 2 N–H and O–H groups in total. The van der Waals surface area contributed by atoms with Crippen LogP contribution in [0.4, 0.5) is 0 Å². The van der Waals surface area contributed by atoms with Crippen LogP contribution in [0.25, 0.3) is 0 Å². The molecule has 24 heavy (non-hydrogen) atoms.